The molecule has 1 aromatic heterocycles. The summed E-state index contributed by atoms with van der Waals surface area (Å²) in [6, 6.07) is 13.8. The number of nitrogens with one attached hydrogen (secondary N) is 2. The summed E-state index contributed by atoms with van der Waals surface area (Å²) in [6.45, 7) is 12.5. The topological polar surface area (TPSA) is 131 Å². The molecule has 4 heterocycles. The summed E-state index contributed by atoms with van der Waals surface area (Å²) in [6.07, 6.45) is 6.17. The molecule has 0 radical (unpaired) electrons. The lowest BCUT2D eigenvalue weighted by Crippen LogP contribution is -2.52. The van der Waals surface area contributed by atoms with Gasteiger partial charge < -0.3 is 30.1 Å². The van der Waals surface area contributed by atoms with Gasteiger partial charge in [-0.05, 0) is 61.7 Å². The van der Waals surface area contributed by atoms with Crippen LogP contribution < -0.4 is 25.5 Å². The highest BCUT2D eigenvalue weighted by atomic mass is 28.3. The quantitative estimate of drug-likeness (QED) is 0.200. The molecule has 1 spiro atoms. The molecule has 11 nitrogen and oxygen atoms in total. The van der Waals surface area contributed by atoms with Gasteiger partial charge in [-0.25, -0.2) is 0 Å². The van der Waals surface area contributed by atoms with Gasteiger partial charge >= 0.3 is 0 Å². The Morgan fingerprint density at radius 3 is 2.74 bits per heavy atom. The number of aromatic nitrogens is 3. The maximum Gasteiger partial charge on any atom is 0.264 e. The van der Waals surface area contributed by atoms with Crippen LogP contribution in [0.15, 0.2) is 61.3 Å². The number of nitrogens with zero attached hydrogens (tertiary/aromatic N) is 4. The number of ether oxygens (including phenoxy) is 2. The molecule has 3 aliphatic heterocycles. The number of hydrogen-bond donors (Lipinski definition) is 3. The fourth-order valence-corrected chi connectivity index (χ4v) is 12.1. The van der Waals surface area contributed by atoms with Crippen molar-refractivity contribution in [2.24, 2.45) is 5.92 Å². The number of amides is 2. The van der Waals surface area contributed by atoms with Crippen LogP contribution >= 0.6 is 0 Å². The number of anilines is 2. The predicted octanol–water partition coefficient (Wildman–Crippen LogP) is 3.35. The number of carbonyl (C=O) groups is 2. The van der Waals surface area contributed by atoms with Crippen LogP contribution in [0.3, 0.4) is 0 Å². The minimum Gasteiger partial charge on any atom is -0.497 e. The molecule has 0 unspecified atom stereocenters. The number of aliphatic hydroxyl groups is 1. The molecule has 12 heteroatoms. The first-order chi connectivity index (χ1) is 22.6. The van der Waals surface area contributed by atoms with E-state index in [1.807, 2.05) is 36.5 Å². The number of benzene rings is 2. The van der Waals surface area contributed by atoms with Crippen LogP contribution in [0.2, 0.25) is 18.6 Å². The van der Waals surface area contributed by atoms with E-state index in [2.05, 4.69) is 59.7 Å². The number of methoxy groups -OCH3 is 1. The van der Waals surface area contributed by atoms with Crippen molar-refractivity contribution < 1.29 is 24.2 Å². The standard InChI is InChI=1S/C35H46N6O5Si/c1-6-18-41-30-14-9-24(37-33(43)29-8-7-17-36-29)21-28(30)35(34(41)44)23(2)32(47(4,5)27-12-10-26(45-3)11-13-27)31(46-35)15-19-40-22-25(16-20-42)38-39-40/h6,9-14,21-23,29,31-32,36,42H,1,7-8,15-20H2,2-5H3,(H,37,43)/t23-,29+,31+,32-,35+/m0/s1. The third-order valence-electron chi connectivity index (χ3n) is 10.4. The lowest BCUT2D eigenvalue weighted by Gasteiger charge is -2.37. The zero-order chi connectivity index (χ0) is 33.3. The van der Waals surface area contributed by atoms with Crippen LogP contribution in [0.4, 0.5) is 11.4 Å². The minimum absolute atomic E-state index is 0.0104. The van der Waals surface area contributed by atoms with Gasteiger partial charge in [0, 0.05) is 49.5 Å². The highest BCUT2D eigenvalue weighted by Gasteiger charge is 2.66. The molecule has 2 aromatic carbocycles. The molecule has 3 aromatic rings. The highest BCUT2D eigenvalue weighted by Crippen LogP contribution is 2.60. The van der Waals surface area contributed by atoms with Crippen molar-refractivity contribution in [3.05, 3.63) is 72.6 Å². The van der Waals surface area contributed by atoms with Gasteiger partial charge in [0.2, 0.25) is 5.91 Å². The van der Waals surface area contributed by atoms with Crippen molar-refractivity contribution in [2.75, 3.05) is 37.0 Å². The zero-order valence-electron chi connectivity index (χ0n) is 27.7. The van der Waals surface area contributed by atoms with Crippen molar-refractivity contribution in [3.63, 3.8) is 0 Å². The van der Waals surface area contributed by atoms with E-state index in [0.29, 0.717) is 31.6 Å². The molecular weight excluding hydrogens is 613 g/mol. The smallest absolute Gasteiger partial charge is 0.264 e. The van der Waals surface area contributed by atoms with Crippen LogP contribution in [-0.2, 0) is 32.9 Å². The molecule has 0 bridgehead atoms. The van der Waals surface area contributed by atoms with Crippen molar-refractivity contribution in [1.82, 2.24) is 20.3 Å². The number of rotatable bonds is 12. The Hall–Kier alpha value is -3.84. The van der Waals surface area contributed by atoms with Gasteiger partial charge in [0.15, 0.2) is 5.60 Å². The fraction of sp³-hybridized carbons (Fsp3) is 0.486. The first-order valence-corrected chi connectivity index (χ1v) is 19.7. The zero-order valence-corrected chi connectivity index (χ0v) is 28.7. The van der Waals surface area contributed by atoms with E-state index >= 15 is 0 Å². The Balaban J connectivity index is 1.40. The maximum atomic E-state index is 14.7. The molecule has 3 N–H and O–H groups in total. The molecule has 47 heavy (non-hydrogen) atoms. The average Bonchev–Trinajstić information content (AvgIpc) is 3.86. The second-order valence-corrected chi connectivity index (χ2v) is 18.2. The van der Waals surface area contributed by atoms with Crippen LogP contribution in [-0.4, -0.2) is 78.9 Å². The van der Waals surface area contributed by atoms with Gasteiger partial charge in [-0.3, -0.25) is 14.3 Å². The number of carbonyl (C=O) groups excluding carboxylic acids is 2. The van der Waals surface area contributed by atoms with E-state index < -0.39 is 13.7 Å². The number of hydrogen-bond acceptors (Lipinski definition) is 8. The van der Waals surface area contributed by atoms with E-state index in [1.54, 1.807) is 22.8 Å². The number of fused-ring (bicyclic) bond motifs is 2. The van der Waals surface area contributed by atoms with Gasteiger partial charge in [-0.2, -0.15) is 0 Å². The lowest BCUT2D eigenvalue weighted by atomic mass is 9.82. The monoisotopic (exact) mass is 658 g/mol. The molecule has 5 atom stereocenters. The molecule has 2 saturated heterocycles. The van der Waals surface area contributed by atoms with E-state index in [4.69, 9.17) is 9.47 Å². The highest BCUT2D eigenvalue weighted by molar-refractivity contribution is 6.91. The van der Waals surface area contributed by atoms with Gasteiger partial charge in [0.05, 0.1) is 38.7 Å². The van der Waals surface area contributed by atoms with E-state index in [0.717, 1.165) is 42.1 Å². The van der Waals surface area contributed by atoms with Crippen LogP contribution in [0, 0.1) is 5.92 Å². The second-order valence-electron chi connectivity index (χ2n) is 13.5. The first-order valence-electron chi connectivity index (χ1n) is 16.6. The summed E-state index contributed by atoms with van der Waals surface area (Å²) >= 11 is 0. The third kappa shape index (κ3) is 5.92. The van der Waals surface area contributed by atoms with E-state index in [1.165, 1.54) is 5.19 Å². The van der Waals surface area contributed by atoms with Crippen LogP contribution in [0.5, 0.6) is 5.75 Å². The molecule has 6 rings (SSSR count). The summed E-state index contributed by atoms with van der Waals surface area (Å²) in [4.78, 5) is 29.6. The van der Waals surface area contributed by atoms with Crippen molar-refractivity contribution in [1.29, 1.82) is 0 Å². The third-order valence-corrected chi connectivity index (χ3v) is 14.7. The Morgan fingerprint density at radius 1 is 1.28 bits per heavy atom. The summed E-state index contributed by atoms with van der Waals surface area (Å²) in [5.41, 5.74) is 1.77. The van der Waals surface area contributed by atoms with Crippen molar-refractivity contribution in [2.45, 2.75) is 75.5 Å². The summed E-state index contributed by atoms with van der Waals surface area (Å²) < 4.78 is 14.4. The number of aliphatic hydroxyl groups excluding tert-OH is 1. The average molecular weight is 659 g/mol. The van der Waals surface area contributed by atoms with Crippen LogP contribution in [0.25, 0.3) is 0 Å². The van der Waals surface area contributed by atoms with Gasteiger partial charge in [-0.1, -0.05) is 48.6 Å². The van der Waals surface area contributed by atoms with Crippen LogP contribution in [0.1, 0.15) is 37.4 Å². The Morgan fingerprint density at radius 2 is 2.06 bits per heavy atom. The Bertz CT molecular complexity index is 1620. The Labute approximate surface area is 277 Å². The summed E-state index contributed by atoms with van der Waals surface area (Å²) in [5, 5.41) is 25.5. The molecule has 2 fully saturated rings. The van der Waals surface area contributed by atoms with Gasteiger partial charge in [0.1, 0.15) is 5.75 Å². The SMILES string of the molecule is C=CCN1C(=O)[C@]2(O[C@H](CCn3cc(CCO)nn3)[C@@H]([Si](C)(C)c3ccc(OC)cc3)[C@@H]2C)c2cc(NC(=O)[C@H]3CCCN3)ccc21. The molecule has 250 valence electrons. The fourth-order valence-electron chi connectivity index (χ4n) is 8.05. The molecule has 2 amide bonds. The summed E-state index contributed by atoms with van der Waals surface area (Å²) in [5.74, 6) is 0.454. The van der Waals surface area contributed by atoms with Gasteiger partial charge in [-0.15, -0.1) is 11.7 Å². The molecule has 3 aliphatic rings. The van der Waals surface area contributed by atoms with Crippen molar-refractivity contribution >= 4 is 36.4 Å². The lowest BCUT2D eigenvalue weighted by molar-refractivity contribution is -0.145. The second kappa shape index (κ2) is 13.3. The number of aryl methyl sites for hydroxylation is 1. The van der Waals surface area contributed by atoms with E-state index in [-0.39, 0.29) is 42.0 Å². The molecular formula is C35H46N6O5Si. The maximum absolute atomic E-state index is 14.7. The first kappa shape index (κ1) is 33.1. The minimum atomic E-state index is -2.32. The van der Waals surface area contributed by atoms with Crippen molar-refractivity contribution in [3.8, 4) is 5.75 Å². The van der Waals surface area contributed by atoms with E-state index in [9.17, 15) is 14.7 Å². The van der Waals surface area contributed by atoms with Gasteiger partial charge in [0.25, 0.3) is 5.91 Å². The normalized spacial score (nSPS) is 25.4. The largest absolute Gasteiger partial charge is 0.497 e. The molecule has 0 saturated carbocycles. The molecule has 0 aliphatic carbocycles. The summed E-state index contributed by atoms with van der Waals surface area (Å²) in [7, 11) is -0.658. The Kier molecular flexibility index (Phi) is 9.39. The predicted molar refractivity (Wildman–Crippen MR) is 184 cm³/mol.